The van der Waals surface area contributed by atoms with Crippen molar-refractivity contribution in [3.05, 3.63) is 0 Å². The topological polar surface area (TPSA) is 29.5 Å². The minimum Gasteiger partial charge on any atom is -0.396 e. The van der Waals surface area contributed by atoms with Gasteiger partial charge in [0.2, 0.25) is 0 Å². The van der Waals surface area contributed by atoms with Gasteiger partial charge in [-0.2, -0.15) is 13.2 Å². The highest BCUT2D eigenvalue weighted by Gasteiger charge is 2.26. The average Bonchev–Trinajstić information content (AvgIpc) is 2.14. The molecule has 0 atom stereocenters. The fraction of sp³-hybridized carbons (Fsp3) is 1.00. The lowest BCUT2D eigenvalue weighted by Crippen LogP contribution is -2.17. The van der Waals surface area contributed by atoms with Crippen LogP contribution in [0.1, 0.15) is 38.5 Å². The third-order valence-corrected chi connectivity index (χ3v) is 1.96. The lowest BCUT2D eigenvalue weighted by Gasteiger charge is -2.07. The third kappa shape index (κ3) is 13.7. The lowest BCUT2D eigenvalue weighted by molar-refractivity contribution is -0.174. The predicted molar refractivity (Wildman–Crippen MR) is 51.7 cm³/mol. The lowest BCUT2D eigenvalue weighted by atomic mass is 10.1. The zero-order chi connectivity index (χ0) is 11.6. The van der Waals surface area contributed by atoms with Gasteiger partial charge in [-0.1, -0.05) is 25.7 Å². The molecule has 2 nitrogen and oxygen atoms in total. The van der Waals surface area contributed by atoms with Gasteiger partial charge in [-0.05, 0) is 12.8 Å². The molecule has 5 heteroatoms. The minimum atomic E-state index is -4.21. The van der Waals surface area contributed by atoms with Crippen LogP contribution >= 0.6 is 0 Å². The molecule has 0 heterocycles. The summed E-state index contributed by atoms with van der Waals surface area (Å²) in [6, 6.07) is 0. The second-order valence-corrected chi connectivity index (χ2v) is 3.51. The third-order valence-electron chi connectivity index (χ3n) is 1.96. The van der Waals surface area contributed by atoms with E-state index in [0.29, 0.717) is 6.42 Å². The van der Waals surface area contributed by atoms with Crippen molar-refractivity contribution < 1.29 is 23.0 Å². The van der Waals surface area contributed by atoms with Gasteiger partial charge >= 0.3 is 6.18 Å². The molecule has 0 aliphatic heterocycles. The summed E-state index contributed by atoms with van der Waals surface area (Å²) in [4.78, 5) is 0. The second-order valence-electron chi connectivity index (χ2n) is 3.51. The average molecular weight is 228 g/mol. The van der Waals surface area contributed by atoms with Crippen molar-refractivity contribution >= 4 is 0 Å². The molecule has 0 aliphatic carbocycles. The van der Waals surface area contributed by atoms with Crippen LogP contribution in [0.3, 0.4) is 0 Å². The van der Waals surface area contributed by atoms with E-state index >= 15 is 0 Å². The van der Waals surface area contributed by atoms with Gasteiger partial charge in [-0.15, -0.1) is 0 Å². The largest absolute Gasteiger partial charge is 0.411 e. The molecule has 1 N–H and O–H groups in total. The summed E-state index contributed by atoms with van der Waals surface area (Å²) >= 11 is 0. The van der Waals surface area contributed by atoms with Crippen LogP contribution in [0.15, 0.2) is 0 Å². The molecule has 0 aromatic heterocycles. The Balaban J connectivity index is 2.99. The number of aliphatic hydroxyl groups excluding tert-OH is 1. The van der Waals surface area contributed by atoms with E-state index in [9.17, 15) is 13.2 Å². The molecule has 0 bridgehead atoms. The number of hydrogen-bond donors (Lipinski definition) is 1. The Morgan fingerprint density at radius 2 is 1.40 bits per heavy atom. The first-order valence-corrected chi connectivity index (χ1v) is 5.31. The molecule has 0 aliphatic rings. The molecule has 0 amide bonds. The monoisotopic (exact) mass is 228 g/mol. The Morgan fingerprint density at radius 3 is 1.93 bits per heavy atom. The van der Waals surface area contributed by atoms with Crippen molar-refractivity contribution in [3.8, 4) is 0 Å². The van der Waals surface area contributed by atoms with Crippen LogP contribution in [-0.2, 0) is 4.74 Å². The van der Waals surface area contributed by atoms with Gasteiger partial charge in [0.25, 0.3) is 0 Å². The summed E-state index contributed by atoms with van der Waals surface area (Å²) in [5.74, 6) is 0. The molecule has 92 valence electrons. The van der Waals surface area contributed by atoms with Crippen molar-refractivity contribution in [1.29, 1.82) is 0 Å². The summed E-state index contributed by atoms with van der Waals surface area (Å²) in [6.45, 7) is -0.744. The van der Waals surface area contributed by atoms with Crippen molar-refractivity contribution in [2.45, 2.75) is 44.7 Å². The SMILES string of the molecule is OCCCCCCCCOCC(F)(F)F. The molecule has 0 fully saturated rings. The number of aliphatic hydroxyl groups is 1. The van der Waals surface area contributed by atoms with E-state index in [4.69, 9.17) is 5.11 Å². The molecule has 0 saturated carbocycles. The first-order chi connectivity index (χ1) is 7.06. The fourth-order valence-corrected chi connectivity index (χ4v) is 1.21. The van der Waals surface area contributed by atoms with E-state index in [1.54, 1.807) is 0 Å². The Kier molecular flexibility index (Phi) is 8.80. The van der Waals surface area contributed by atoms with Crippen LogP contribution in [0.2, 0.25) is 0 Å². The molecule has 0 unspecified atom stereocenters. The molecular formula is C10H19F3O2. The van der Waals surface area contributed by atoms with Crippen molar-refractivity contribution in [3.63, 3.8) is 0 Å². The molecule has 0 saturated heterocycles. The summed E-state index contributed by atoms with van der Waals surface area (Å²) in [7, 11) is 0. The van der Waals surface area contributed by atoms with Crippen molar-refractivity contribution in [2.24, 2.45) is 0 Å². The van der Waals surface area contributed by atoms with Gasteiger partial charge in [0.1, 0.15) is 6.61 Å². The number of unbranched alkanes of at least 4 members (excludes halogenated alkanes) is 5. The standard InChI is InChI=1S/C10H19F3O2/c11-10(12,13)9-15-8-6-4-2-1-3-5-7-14/h14H,1-9H2. The highest BCUT2D eigenvalue weighted by Crippen LogP contribution is 2.14. The Hall–Kier alpha value is -0.290. The van der Waals surface area contributed by atoms with Crippen LogP contribution in [0, 0.1) is 0 Å². The van der Waals surface area contributed by atoms with E-state index in [-0.39, 0.29) is 13.2 Å². The first kappa shape index (κ1) is 14.7. The maximum Gasteiger partial charge on any atom is 0.411 e. The summed E-state index contributed by atoms with van der Waals surface area (Å²) < 4.78 is 39.3. The van der Waals surface area contributed by atoms with Gasteiger partial charge in [0.05, 0.1) is 0 Å². The smallest absolute Gasteiger partial charge is 0.396 e. The van der Waals surface area contributed by atoms with Gasteiger partial charge in [-0.3, -0.25) is 0 Å². The van der Waals surface area contributed by atoms with Gasteiger partial charge in [-0.25, -0.2) is 0 Å². The molecule has 0 aromatic rings. The second kappa shape index (κ2) is 8.97. The van der Waals surface area contributed by atoms with Crippen molar-refractivity contribution in [2.75, 3.05) is 19.8 Å². The Morgan fingerprint density at radius 1 is 0.867 bits per heavy atom. The molecule has 15 heavy (non-hydrogen) atoms. The maximum absolute atomic E-state index is 11.6. The first-order valence-electron chi connectivity index (χ1n) is 5.31. The van der Waals surface area contributed by atoms with Crippen LogP contribution < -0.4 is 0 Å². The van der Waals surface area contributed by atoms with E-state index in [1.807, 2.05) is 0 Å². The Labute approximate surface area is 88.4 Å². The quantitative estimate of drug-likeness (QED) is 0.615. The van der Waals surface area contributed by atoms with Crippen LogP contribution in [0.5, 0.6) is 0 Å². The number of halogens is 3. The predicted octanol–water partition coefficient (Wildman–Crippen LogP) is 2.90. The molecule has 0 radical (unpaired) electrons. The number of hydrogen-bond acceptors (Lipinski definition) is 2. The Bertz CT molecular complexity index is 137. The van der Waals surface area contributed by atoms with E-state index in [2.05, 4.69) is 4.74 Å². The van der Waals surface area contributed by atoms with Crippen LogP contribution in [-0.4, -0.2) is 31.1 Å². The van der Waals surface area contributed by atoms with E-state index < -0.39 is 12.8 Å². The highest BCUT2D eigenvalue weighted by atomic mass is 19.4. The van der Waals surface area contributed by atoms with Crippen LogP contribution in [0.4, 0.5) is 13.2 Å². The van der Waals surface area contributed by atoms with Crippen molar-refractivity contribution in [1.82, 2.24) is 0 Å². The van der Waals surface area contributed by atoms with E-state index in [1.165, 1.54) is 0 Å². The minimum absolute atomic E-state index is 0.180. The number of ether oxygens (including phenoxy) is 1. The highest BCUT2D eigenvalue weighted by molar-refractivity contribution is 4.47. The maximum atomic E-state index is 11.6. The van der Waals surface area contributed by atoms with E-state index in [0.717, 1.165) is 32.1 Å². The van der Waals surface area contributed by atoms with Gasteiger partial charge in [0, 0.05) is 13.2 Å². The molecular weight excluding hydrogens is 209 g/mol. The molecule has 0 spiro atoms. The summed E-state index contributed by atoms with van der Waals surface area (Å²) in [5, 5.41) is 8.49. The molecule has 0 rings (SSSR count). The number of alkyl halides is 3. The zero-order valence-corrected chi connectivity index (χ0v) is 8.85. The zero-order valence-electron chi connectivity index (χ0n) is 8.85. The van der Waals surface area contributed by atoms with Crippen LogP contribution in [0.25, 0.3) is 0 Å². The summed E-state index contributed by atoms with van der Waals surface area (Å²) in [6.07, 6.45) is 1.18. The molecule has 0 aromatic carbocycles. The fourth-order valence-electron chi connectivity index (χ4n) is 1.21. The number of rotatable bonds is 9. The van der Waals surface area contributed by atoms with Gasteiger partial charge < -0.3 is 9.84 Å². The summed E-state index contributed by atoms with van der Waals surface area (Å²) in [5.41, 5.74) is 0. The van der Waals surface area contributed by atoms with Gasteiger partial charge in [0.15, 0.2) is 0 Å². The normalized spacial score (nSPS) is 12.0.